The highest BCUT2D eigenvalue weighted by molar-refractivity contribution is 5.83. The molecule has 3 nitrogen and oxygen atoms in total. The van der Waals surface area contributed by atoms with Crippen molar-refractivity contribution in [3.05, 3.63) is 0 Å². The van der Waals surface area contributed by atoms with Crippen LogP contribution in [0.1, 0.15) is 46.0 Å². The summed E-state index contributed by atoms with van der Waals surface area (Å²) in [5.41, 5.74) is -0.658. The normalized spacial score (nSPS) is 18.6. The van der Waals surface area contributed by atoms with Crippen molar-refractivity contribution in [3.63, 3.8) is 0 Å². The predicted molar refractivity (Wildman–Crippen MR) is 70.1 cm³/mol. The second-order valence-electron chi connectivity index (χ2n) is 6.15. The summed E-state index contributed by atoms with van der Waals surface area (Å²) >= 11 is 0. The van der Waals surface area contributed by atoms with Crippen LogP contribution in [0.3, 0.4) is 0 Å². The zero-order valence-corrected chi connectivity index (χ0v) is 12.2. The summed E-state index contributed by atoms with van der Waals surface area (Å²) < 4.78 is 37.8. The summed E-state index contributed by atoms with van der Waals surface area (Å²) in [6, 6.07) is 0. The Balaban J connectivity index is 2.89. The summed E-state index contributed by atoms with van der Waals surface area (Å²) in [5, 5.41) is 8.93. The van der Waals surface area contributed by atoms with Crippen molar-refractivity contribution in [1.82, 2.24) is 4.90 Å². The minimum absolute atomic E-state index is 0.252. The molecular formula is C14H24F3NO2. The predicted octanol–water partition coefficient (Wildman–Crippen LogP) is 2.98. The van der Waals surface area contributed by atoms with Gasteiger partial charge in [-0.05, 0) is 25.2 Å². The van der Waals surface area contributed by atoms with E-state index in [1.54, 1.807) is 0 Å². The number of halogens is 3. The molecule has 0 atom stereocenters. The Kier molecular flexibility index (Phi) is 5.86. The van der Waals surface area contributed by atoms with E-state index in [4.69, 9.17) is 5.11 Å². The van der Waals surface area contributed by atoms with E-state index in [1.165, 1.54) is 0 Å². The van der Waals surface area contributed by atoms with Crippen molar-refractivity contribution < 1.29 is 23.1 Å². The van der Waals surface area contributed by atoms with Gasteiger partial charge >= 0.3 is 6.18 Å². The molecule has 1 N–H and O–H groups in total. The summed E-state index contributed by atoms with van der Waals surface area (Å²) in [7, 11) is 0. The van der Waals surface area contributed by atoms with E-state index in [-0.39, 0.29) is 12.5 Å². The number of carbonyl (C=O) groups excluding carboxylic acids is 1. The van der Waals surface area contributed by atoms with Crippen molar-refractivity contribution in [1.29, 1.82) is 0 Å². The molecule has 0 aliphatic heterocycles. The first kappa shape index (κ1) is 17.3. The molecule has 1 aliphatic carbocycles. The molecule has 1 rings (SSSR count). The third kappa shape index (κ3) is 4.65. The van der Waals surface area contributed by atoms with Gasteiger partial charge in [-0.2, -0.15) is 13.2 Å². The maximum atomic E-state index is 12.6. The fraction of sp³-hybridized carbons (Fsp3) is 0.929. The van der Waals surface area contributed by atoms with Gasteiger partial charge in [0.25, 0.3) is 0 Å². The van der Waals surface area contributed by atoms with E-state index in [1.807, 2.05) is 13.8 Å². The van der Waals surface area contributed by atoms with Crippen LogP contribution in [0, 0.1) is 11.3 Å². The second-order valence-corrected chi connectivity index (χ2v) is 6.15. The Labute approximate surface area is 118 Å². The molecule has 118 valence electrons. The fourth-order valence-electron chi connectivity index (χ4n) is 3.26. The molecule has 0 unspecified atom stereocenters. The first-order chi connectivity index (χ1) is 9.20. The Hall–Kier alpha value is -0.780. The quantitative estimate of drug-likeness (QED) is 0.818. The Morgan fingerprint density at radius 2 is 1.85 bits per heavy atom. The number of aliphatic hydroxyl groups is 1. The van der Waals surface area contributed by atoms with E-state index in [2.05, 4.69) is 0 Å². The molecule has 6 heteroatoms. The number of amides is 1. The number of alkyl halides is 3. The average molecular weight is 295 g/mol. The molecule has 1 aliphatic rings. The molecule has 0 aromatic rings. The van der Waals surface area contributed by atoms with Crippen molar-refractivity contribution in [2.45, 2.75) is 52.1 Å². The fourth-order valence-corrected chi connectivity index (χ4v) is 3.26. The molecule has 0 aromatic heterocycles. The largest absolute Gasteiger partial charge is 0.406 e. The van der Waals surface area contributed by atoms with Gasteiger partial charge in [0.1, 0.15) is 6.54 Å². The SMILES string of the molecule is CC(C)CC1(C(=O)N(CCO)CC(F)(F)F)CCCC1. The van der Waals surface area contributed by atoms with Crippen LogP contribution in [0.25, 0.3) is 0 Å². The highest BCUT2D eigenvalue weighted by Crippen LogP contribution is 2.44. The van der Waals surface area contributed by atoms with E-state index >= 15 is 0 Å². The average Bonchev–Trinajstić information content (AvgIpc) is 2.74. The smallest absolute Gasteiger partial charge is 0.395 e. The van der Waals surface area contributed by atoms with Crippen LogP contribution in [0.15, 0.2) is 0 Å². The van der Waals surface area contributed by atoms with Gasteiger partial charge in [0.2, 0.25) is 5.91 Å². The highest BCUT2D eigenvalue weighted by atomic mass is 19.4. The van der Waals surface area contributed by atoms with E-state index in [0.717, 1.165) is 17.7 Å². The monoisotopic (exact) mass is 295 g/mol. The lowest BCUT2D eigenvalue weighted by atomic mass is 9.77. The van der Waals surface area contributed by atoms with Crippen LogP contribution in [0.2, 0.25) is 0 Å². The number of carbonyl (C=O) groups is 1. The third-order valence-corrected chi connectivity index (χ3v) is 3.84. The summed E-state index contributed by atoms with van der Waals surface area (Å²) in [6.07, 6.45) is -0.726. The molecule has 0 bridgehead atoms. The standard InChI is InChI=1S/C14H24F3NO2/c1-11(2)9-13(5-3-4-6-13)12(20)18(7-8-19)10-14(15,16)17/h11,19H,3-10H2,1-2H3. The van der Waals surface area contributed by atoms with Crippen LogP contribution in [-0.4, -0.2) is 41.8 Å². The van der Waals surface area contributed by atoms with E-state index < -0.39 is 30.7 Å². The zero-order chi connectivity index (χ0) is 15.4. The lowest BCUT2D eigenvalue weighted by molar-refractivity contribution is -0.169. The Morgan fingerprint density at radius 1 is 1.30 bits per heavy atom. The van der Waals surface area contributed by atoms with E-state index in [0.29, 0.717) is 19.3 Å². The van der Waals surface area contributed by atoms with Crippen molar-refractivity contribution in [2.24, 2.45) is 11.3 Å². The molecular weight excluding hydrogens is 271 g/mol. The topological polar surface area (TPSA) is 40.5 Å². The highest BCUT2D eigenvalue weighted by Gasteiger charge is 2.45. The van der Waals surface area contributed by atoms with Gasteiger partial charge in [-0.15, -0.1) is 0 Å². The van der Waals surface area contributed by atoms with Crippen LogP contribution >= 0.6 is 0 Å². The first-order valence-electron chi connectivity index (χ1n) is 7.17. The maximum absolute atomic E-state index is 12.6. The van der Waals surface area contributed by atoms with Crippen LogP contribution in [0.5, 0.6) is 0 Å². The minimum atomic E-state index is -4.43. The van der Waals surface area contributed by atoms with Crippen LogP contribution in [0.4, 0.5) is 13.2 Å². The molecule has 1 fully saturated rings. The lowest BCUT2D eigenvalue weighted by Gasteiger charge is -2.35. The van der Waals surface area contributed by atoms with Crippen molar-refractivity contribution in [3.8, 4) is 0 Å². The third-order valence-electron chi connectivity index (χ3n) is 3.84. The van der Waals surface area contributed by atoms with Crippen LogP contribution in [-0.2, 0) is 4.79 Å². The minimum Gasteiger partial charge on any atom is -0.395 e. The van der Waals surface area contributed by atoms with Gasteiger partial charge in [-0.25, -0.2) is 0 Å². The lowest BCUT2D eigenvalue weighted by Crippen LogP contribution is -2.48. The molecule has 0 radical (unpaired) electrons. The maximum Gasteiger partial charge on any atom is 0.406 e. The van der Waals surface area contributed by atoms with Gasteiger partial charge in [-0.1, -0.05) is 26.7 Å². The number of hydrogen-bond acceptors (Lipinski definition) is 2. The zero-order valence-electron chi connectivity index (χ0n) is 12.2. The molecule has 0 heterocycles. The summed E-state index contributed by atoms with van der Waals surface area (Å²) in [6.45, 7) is 1.99. The number of nitrogens with zero attached hydrogens (tertiary/aromatic N) is 1. The number of hydrogen-bond donors (Lipinski definition) is 1. The van der Waals surface area contributed by atoms with Crippen LogP contribution < -0.4 is 0 Å². The molecule has 1 amide bonds. The Bertz CT molecular complexity index is 323. The van der Waals surface area contributed by atoms with Crippen molar-refractivity contribution in [2.75, 3.05) is 19.7 Å². The van der Waals surface area contributed by atoms with Gasteiger partial charge in [0.15, 0.2) is 0 Å². The van der Waals surface area contributed by atoms with Gasteiger partial charge in [-0.3, -0.25) is 4.79 Å². The second kappa shape index (κ2) is 6.78. The first-order valence-corrected chi connectivity index (χ1v) is 7.17. The number of rotatable bonds is 6. The number of aliphatic hydroxyl groups excluding tert-OH is 1. The van der Waals surface area contributed by atoms with E-state index in [9.17, 15) is 18.0 Å². The summed E-state index contributed by atoms with van der Waals surface area (Å²) in [4.78, 5) is 13.4. The molecule has 0 aromatic carbocycles. The van der Waals surface area contributed by atoms with Gasteiger partial charge in [0.05, 0.1) is 6.61 Å². The molecule has 1 saturated carbocycles. The van der Waals surface area contributed by atoms with Crippen molar-refractivity contribution >= 4 is 5.91 Å². The Morgan fingerprint density at radius 3 is 2.25 bits per heavy atom. The van der Waals surface area contributed by atoms with Gasteiger partial charge in [0, 0.05) is 12.0 Å². The molecule has 0 spiro atoms. The molecule has 20 heavy (non-hydrogen) atoms. The summed E-state index contributed by atoms with van der Waals surface area (Å²) in [5.74, 6) is -0.172. The van der Waals surface area contributed by atoms with Gasteiger partial charge < -0.3 is 10.0 Å². The molecule has 0 saturated heterocycles.